The summed E-state index contributed by atoms with van der Waals surface area (Å²) in [4.78, 5) is 4.42. The van der Waals surface area contributed by atoms with Crippen LogP contribution in [-0.4, -0.2) is 33.6 Å². The average molecular weight is 530 g/mol. The number of aromatic nitrogens is 4. The number of rotatable bonds is 8. The molecule has 0 saturated heterocycles. The van der Waals surface area contributed by atoms with Crippen molar-refractivity contribution in [3.05, 3.63) is 69.3 Å². The van der Waals surface area contributed by atoms with E-state index in [1.807, 2.05) is 25.4 Å². The molecule has 0 saturated carbocycles. The van der Waals surface area contributed by atoms with E-state index in [0.29, 0.717) is 34.4 Å². The van der Waals surface area contributed by atoms with Crippen molar-refractivity contribution in [1.82, 2.24) is 25.3 Å². The highest BCUT2D eigenvalue weighted by atomic mass is 79.9. The van der Waals surface area contributed by atoms with Gasteiger partial charge in [0.1, 0.15) is 17.6 Å². The molecule has 2 aromatic carbocycles. The Morgan fingerprint density at radius 3 is 2.85 bits per heavy atom. The molecule has 4 aromatic rings. The number of likely N-dealkylation sites (N-methyl/N-ethyl adjacent to an activating group) is 1. The third-order valence-corrected chi connectivity index (χ3v) is 5.78. The summed E-state index contributed by atoms with van der Waals surface area (Å²) in [5.41, 5.74) is 3.72. The van der Waals surface area contributed by atoms with Crippen LogP contribution in [0.3, 0.4) is 0 Å². The zero-order valence-corrected chi connectivity index (χ0v) is 19.9. The van der Waals surface area contributed by atoms with E-state index >= 15 is 0 Å². The van der Waals surface area contributed by atoms with Crippen molar-refractivity contribution >= 4 is 55.5 Å². The van der Waals surface area contributed by atoms with Crippen LogP contribution in [-0.2, 0) is 13.1 Å². The molecule has 8 nitrogen and oxygen atoms in total. The highest BCUT2D eigenvalue weighted by Gasteiger charge is 2.14. The average Bonchev–Trinajstić information content (AvgIpc) is 3.27. The second kappa shape index (κ2) is 10.1. The number of hydrogen-bond acceptors (Lipinski definition) is 7. The van der Waals surface area contributed by atoms with Gasteiger partial charge in [0.15, 0.2) is 0 Å². The van der Waals surface area contributed by atoms with Gasteiger partial charge in [0, 0.05) is 34.0 Å². The van der Waals surface area contributed by atoms with Crippen molar-refractivity contribution in [3.8, 4) is 6.07 Å². The minimum atomic E-state index is -0.514. The van der Waals surface area contributed by atoms with Gasteiger partial charge in [-0.15, -0.1) is 5.10 Å². The van der Waals surface area contributed by atoms with Crippen molar-refractivity contribution in [2.75, 3.05) is 24.2 Å². The number of nitrogens with zero attached hydrogens (tertiary/aromatic N) is 5. The van der Waals surface area contributed by atoms with Crippen molar-refractivity contribution in [1.29, 1.82) is 5.26 Å². The number of nitrogens with one attached hydrogen (secondary N) is 3. The second-order valence-corrected chi connectivity index (χ2v) is 8.46. The molecule has 0 aliphatic heterocycles. The molecule has 33 heavy (non-hydrogen) atoms. The quantitative estimate of drug-likeness (QED) is 0.300. The predicted molar refractivity (Wildman–Crippen MR) is 130 cm³/mol. The summed E-state index contributed by atoms with van der Waals surface area (Å²) in [6.45, 7) is 2.01. The van der Waals surface area contributed by atoms with Crippen molar-refractivity contribution < 1.29 is 4.39 Å². The Hall–Kier alpha value is -3.26. The molecule has 4 rings (SSSR count). The lowest BCUT2D eigenvalue weighted by molar-refractivity contribution is 0.565. The molecular weight excluding hydrogens is 511 g/mol. The van der Waals surface area contributed by atoms with Gasteiger partial charge in [-0.25, -0.2) is 4.39 Å². The zero-order chi connectivity index (χ0) is 23.4. The fraction of sp³-hybridized carbons (Fsp3) is 0.182. The second-order valence-electron chi connectivity index (χ2n) is 7.20. The Bertz CT molecular complexity index is 1350. The smallest absolute Gasteiger partial charge is 0.141 e. The maximum atomic E-state index is 13.6. The number of fused-ring (bicyclic) bond motifs is 1. The SMILES string of the molecule is CNCCn1cc(CNc2cc(Br)c3ncc(C#N)c(Nc4ccc(F)c(Cl)c4)c3c2)nn1. The molecule has 0 amide bonds. The van der Waals surface area contributed by atoms with Gasteiger partial charge in [-0.1, -0.05) is 16.8 Å². The fourth-order valence-corrected chi connectivity index (χ4v) is 3.99. The number of hydrogen-bond donors (Lipinski definition) is 3. The molecule has 0 fully saturated rings. The van der Waals surface area contributed by atoms with E-state index in [4.69, 9.17) is 11.6 Å². The Kier molecular flexibility index (Phi) is 7.03. The van der Waals surface area contributed by atoms with Crippen LogP contribution in [0.4, 0.5) is 21.5 Å². The van der Waals surface area contributed by atoms with Crippen molar-refractivity contribution in [2.45, 2.75) is 13.1 Å². The van der Waals surface area contributed by atoms with E-state index in [1.165, 1.54) is 18.3 Å². The molecular formula is C22H19BrClFN8. The Labute approximate surface area is 202 Å². The van der Waals surface area contributed by atoms with Crippen LogP contribution in [0.2, 0.25) is 5.02 Å². The molecule has 168 valence electrons. The summed E-state index contributed by atoms with van der Waals surface area (Å²) in [5.74, 6) is -0.514. The first-order chi connectivity index (χ1) is 16.0. The van der Waals surface area contributed by atoms with Gasteiger partial charge < -0.3 is 16.0 Å². The maximum Gasteiger partial charge on any atom is 0.141 e. The molecule has 0 atom stereocenters. The normalized spacial score (nSPS) is 10.9. The van der Waals surface area contributed by atoms with Crippen LogP contribution >= 0.6 is 27.5 Å². The topological polar surface area (TPSA) is 103 Å². The molecule has 0 bridgehead atoms. The predicted octanol–water partition coefficient (Wildman–Crippen LogP) is 4.83. The van der Waals surface area contributed by atoms with Crippen molar-refractivity contribution in [3.63, 3.8) is 0 Å². The first-order valence-electron chi connectivity index (χ1n) is 10.0. The van der Waals surface area contributed by atoms with Crippen LogP contribution in [0.1, 0.15) is 11.3 Å². The highest BCUT2D eigenvalue weighted by Crippen LogP contribution is 2.35. The van der Waals surface area contributed by atoms with E-state index in [2.05, 4.69) is 53.2 Å². The van der Waals surface area contributed by atoms with Gasteiger partial charge in [-0.3, -0.25) is 9.67 Å². The fourth-order valence-electron chi connectivity index (χ4n) is 3.25. The third-order valence-electron chi connectivity index (χ3n) is 4.88. The standard InChI is InChI=1S/C22H19BrClFN8/c1-27-4-5-33-12-16(31-32-33)11-28-15-6-17-21(30-14-2-3-20(25)19(24)8-14)13(9-26)10-29-22(17)18(23)7-15/h2-3,6-8,10,12,27-28H,4-5,11H2,1H3,(H,29,30). The first kappa shape index (κ1) is 22.9. The van der Waals surface area contributed by atoms with E-state index in [0.717, 1.165) is 28.9 Å². The molecule has 3 N–H and O–H groups in total. The van der Waals surface area contributed by atoms with E-state index < -0.39 is 5.82 Å². The minimum Gasteiger partial charge on any atom is -0.379 e. The highest BCUT2D eigenvalue weighted by molar-refractivity contribution is 9.10. The van der Waals surface area contributed by atoms with Gasteiger partial charge in [-0.05, 0) is 53.3 Å². The number of pyridine rings is 1. The Balaban J connectivity index is 1.65. The number of benzene rings is 2. The molecule has 2 heterocycles. The number of halogens is 3. The molecule has 0 radical (unpaired) electrons. The summed E-state index contributed by atoms with van der Waals surface area (Å²) < 4.78 is 16.1. The van der Waals surface area contributed by atoms with Gasteiger partial charge in [0.05, 0.1) is 41.1 Å². The summed E-state index contributed by atoms with van der Waals surface area (Å²) >= 11 is 9.50. The third kappa shape index (κ3) is 5.22. The molecule has 0 unspecified atom stereocenters. The van der Waals surface area contributed by atoms with Crippen LogP contribution in [0.5, 0.6) is 0 Å². The lowest BCUT2D eigenvalue weighted by atomic mass is 10.1. The minimum absolute atomic E-state index is 0.0110. The Morgan fingerprint density at radius 2 is 2.09 bits per heavy atom. The summed E-state index contributed by atoms with van der Waals surface area (Å²) in [5, 5.41) is 28.2. The van der Waals surface area contributed by atoms with Crippen LogP contribution in [0.15, 0.2) is 47.2 Å². The van der Waals surface area contributed by atoms with Gasteiger partial charge in [0.25, 0.3) is 0 Å². The van der Waals surface area contributed by atoms with E-state index in [9.17, 15) is 9.65 Å². The van der Waals surface area contributed by atoms with Crippen LogP contribution in [0.25, 0.3) is 10.9 Å². The number of anilines is 3. The largest absolute Gasteiger partial charge is 0.379 e. The summed E-state index contributed by atoms with van der Waals surface area (Å²) in [7, 11) is 1.89. The molecule has 0 spiro atoms. The monoisotopic (exact) mass is 528 g/mol. The number of nitriles is 1. The van der Waals surface area contributed by atoms with Crippen LogP contribution < -0.4 is 16.0 Å². The first-order valence-corrected chi connectivity index (χ1v) is 11.2. The van der Waals surface area contributed by atoms with Gasteiger partial charge in [-0.2, -0.15) is 5.26 Å². The zero-order valence-electron chi connectivity index (χ0n) is 17.5. The van der Waals surface area contributed by atoms with Crippen molar-refractivity contribution in [2.24, 2.45) is 0 Å². The Morgan fingerprint density at radius 1 is 1.24 bits per heavy atom. The summed E-state index contributed by atoms with van der Waals surface area (Å²) in [6, 6.07) is 10.3. The van der Waals surface area contributed by atoms with Gasteiger partial charge in [0.2, 0.25) is 0 Å². The molecule has 2 aromatic heterocycles. The van der Waals surface area contributed by atoms with Gasteiger partial charge >= 0.3 is 0 Å². The van der Waals surface area contributed by atoms with E-state index in [1.54, 1.807) is 10.7 Å². The van der Waals surface area contributed by atoms with E-state index in [-0.39, 0.29) is 5.02 Å². The molecule has 11 heteroatoms. The maximum absolute atomic E-state index is 13.6. The molecule has 0 aliphatic rings. The lowest BCUT2D eigenvalue weighted by Crippen LogP contribution is -2.15. The van der Waals surface area contributed by atoms with Crippen LogP contribution in [0, 0.1) is 17.1 Å². The lowest BCUT2D eigenvalue weighted by Gasteiger charge is -2.14. The summed E-state index contributed by atoms with van der Waals surface area (Å²) in [6.07, 6.45) is 3.39. The molecule has 0 aliphatic carbocycles.